The van der Waals surface area contributed by atoms with E-state index in [1.807, 2.05) is 35.1 Å². The second-order valence-corrected chi connectivity index (χ2v) is 4.75. The van der Waals surface area contributed by atoms with Crippen LogP contribution in [0.25, 0.3) is 10.9 Å². The molecule has 0 saturated carbocycles. The molecule has 0 unspecified atom stereocenters. The highest BCUT2D eigenvalue weighted by Gasteiger charge is 2.07. The molecule has 110 valence electrons. The van der Waals surface area contributed by atoms with Crippen LogP contribution < -0.4 is 0 Å². The van der Waals surface area contributed by atoms with Crippen molar-refractivity contribution in [3.8, 4) is 11.8 Å². The van der Waals surface area contributed by atoms with Gasteiger partial charge in [-0.15, -0.1) is 0 Å². The maximum absolute atomic E-state index is 12.5. The summed E-state index contributed by atoms with van der Waals surface area (Å²) < 4.78 is 26.9. The minimum absolute atomic E-state index is 0.245. The number of hydrogen-bond donors (Lipinski definition) is 0. The first-order chi connectivity index (χ1) is 10.7. The Morgan fingerprint density at radius 1 is 1.09 bits per heavy atom. The molecule has 0 aliphatic heterocycles. The lowest BCUT2D eigenvalue weighted by Gasteiger charge is -1.98. The third-order valence-corrected chi connectivity index (χ3v) is 3.14. The lowest BCUT2D eigenvalue weighted by atomic mass is 10.3. The Kier molecular flexibility index (Phi) is 4.10. The van der Waals surface area contributed by atoms with E-state index in [0.717, 1.165) is 10.9 Å². The number of pyridine rings is 1. The van der Waals surface area contributed by atoms with Crippen LogP contribution in [0.2, 0.25) is 0 Å². The summed E-state index contributed by atoms with van der Waals surface area (Å²) in [5.41, 5.74) is 1.07. The summed E-state index contributed by atoms with van der Waals surface area (Å²) in [7, 11) is 0. The Labute approximate surface area is 126 Å². The Balaban J connectivity index is 1.65. The van der Waals surface area contributed by atoms with Crippen molar-refractivity contribution in [1.29, 1.82) is 0 Å². The summed E-state index contributed by atoms with van der Waals surface area (Å²) in [4.78, 5) is 3.81. The van der Waals surface area contributed by atoms with Gasteiger partial charge >= 0.3 is 0 Å². The van der Waals surface area contributed by atoms with Crippen molar-refractivity contribution in [1.82, 2.24) is 14.8 Å². The topological polar surface area (TPSA) is 30.7 Å². The van der Waals surface area contributed by atoms with E-state index >= 15 is 0 Å². The van der Waals surface area contributed by atoms with Crippen LogP contribution in [0.4, 0.5) is 8.78 Å². The summed E-state index contributed by atoms with van der Waals surface area (Å²) in [6.45, 7) is 0.649. The Bertz CT molecular complexity index is 810. The van der Waals surface area contributed by atoms with Gasteiger partial charge in [-0.3, -0.25) is 4.68 Å². The fourth-order valence-corrected chi connectivity index (χ4v) is 2.10. The first-order valence-corrected chi connectivity index (χ1v) is 6.88. The predicted octanol–water partition coefficient (Wildman–Crippen LogP) is 3.81. The van der Waals surface area contributed by atoms with Crippen LogP contribution in [0, 0.1) is 11.8 Å². The molecular weight excluding hydrogens is 284 g/mol. The van der Waals surface area contributed by atoms with Crippen LogP contribution in [-0.2, 0) is 6.54 Å². The molecule has 0 radical (unpaired) electrons. The van der Waals surface area contributed by atoms with Crippen molar-refractivity contribution < 1.29 is 8.78 Å². The van der Waals surface area contributed by atoms with Crippen LogP contribution in [0.3, 0.4) is 0 Å². The molecule has 22 heavy (non-hydrogen) atoms. The molecule has 2 heterocycles. The van der Waals surface area contributed by atoms with E-state index in [4.69, 9.17) is 0 Å². The number of rotatable bonds is 3. The zero-order chi connectivity index (χ0) is 15.4. The van der Waals surface area contributed by atoms with E-state index in [0.29, 0.717) is 18.7 Å². The molecule has 0 N–H and O–H groups in total. The molecule has 3 aromatic rings. The third kappa shape index (κ3) is 3.29. The van der Waals surface area contributed by atoms with Gasteiger partial charge in [0.05, 0.1) is 12.1 Å². The van der Waals surface area contributed by atoms with Gasteiger partial charge < -0.3 is 0 Å². The molecule has 0 aliphatic rings. The summed E-state index contributed by atoms with van der Waals surface area (Å²) in [6.07, 6.45) is -0.0281. The van der Waals surface area contributed by atoms with E-state index in [1.54, 1.807) is 12.1 Å². The SMILES string of the molecule is FC(F)c1cccc(C#CCCn2cc3ccccc3n2)n1. The fourth-order valence-electron chi connectivity index (χ4n) is 2.10. The van der Waals surface area contributed by atoms with E-state index in [-0.39, 0.29) is 5.69 Å². The van der Waals surface area contributed by atoms with Crippen molar-refractivity contribution in [2.75, 3.05) is 0 Å². The molecule has 2 aromatic heterocycles. The Morgan fingerprint density at radius 2 is 1.95 bits per heavy atom. The van der Waals surface area contributed by atoms with Gasteiger partial charge in [0.25, 0.3) is 6.43 Å². The number of fused-ring (bicyclic) bond motifs is 1. The number of hydrogen-bond acceptors (Lipinski definition) is 2. The monoisotopic (exact) mass is 297 g/mol. The van der Waals surface area contributed by atoms with Gasteiger partial charge in [0.15, 0.2) is 0 Å². The van der Waals surface area contributed by atoms with Gasteiger partial charge in [-0.05, 0) is 24.1 Å². The van der Waals surface area contributed by atoms with E-state index in [2.05, 4.69) is 21.9 Å². The van der Waals surface area contributed by atoms with Crippen LogP contribution in [0.5, 0.6) is 0 Å². The normalized spacial score (nSPS) is 10.7. The van der Waals surface area contributed by atoms with Gasteiger partial charge in [-0.2, -0.15) is 5.10 Å². The first kappa shape index (κ1) is 14.2. The maximum Gasteiger partial charge on any atom is 0.280 e. The molecule has 0 spiro atoms. The molecule has 3 rings (SSSR count). The fraction of sp³-hybridized carbons (Fsp3) is 0.176. The van der Waals surface area contributed by atoms with Gasteiger partial charge in [0, 0.05) is 18.0 Å². The molecule has 3 nitrogen and oxygen atoms in total. The highest BCUT2D eigenvalue weighted by atomic mass is 19.3. The second-order valence-electron chi connectivity index (χ2n) is 4.75. The zero-order valence-corrected chi connectivity index (χ0v) is 11.7. The molecule has 0 atom stereocenters. The number of benzene rings is 1. The van der Waals surface area contributed by atoms with Crippen molar-refractivity contribution in [3.05, 3.63) is 60.0 Å². The quantitative estimate of drug-likeness (QED) is 0.688. The summed E-state index contributed by atoms with van der Waals surface area (Å²) in [5, 5.41) is 5.51. The molecule has 0 aliphatic carbocycles. The van der Waals surface area contributed by atoms with E-state index in [1.165, 1.54) is 6.07 Å². The largest absolute Gasteiger partial charge is 0.280 e. The lowest BCUT2D eigenvalue weighted by Crippen LogP contribution is -1.97. The summed E-state index contributed by atoms with van der Waals surface area (Å²) in [6, 6.07) is 12.3. The Hall–Kier alpha value is -2.74. The van der Waals surface area contributed by atoms with Gasteiger partial charge in [0.2, 0.25) is 0 Å². The van der Waals surface area contributed by atoms with Gasteiger partial charge in [-0.25, -0.2) is 13.8 Å². The smallest absolute Gasteiger partial charge is 0.271 e. The number of aromatic nitrogens is 3. The number of nitrogens with zero attached hydrogens (tertiary/aromatic N) is 3. The van der Waals surface area contributed by atoms with Crippen molar-refractivity contribution in [3.63, 3.8) is 0 Å². The Morgan fingerprint density at radius 3 is 2.77 bits per heavy atom. The highest BCUT2D eigenvalue weighted by molar-refractivity contribution is 5.77. The summed E-state index contributed by atoms with van der Waals surface area (Å²) in [5.74, 6) is 5.75. The average Bonchev–Trinajstić information content (AvgIpc) is 2.94. The molecule has 0 saturated heterocycles. The molecular formula is C17H13F2N3. The summed E-state index contributed by atoms with van der Waals surface area (Å²) >= 11 is 0. The van der Waals surface area contributed by atoms with Crippen LogP contribution in [0.1, 0.15) is 24.2 Å². The van der Waals surface area contributed by atoms with Gasteiger partial charge in [0.1, 0.15) is 11.4 Å². The number of halogens is 2. The average molecular weight is 297 g/mol. The maximum atomic E-state index is 12.5. The highest BCUT2D eigenvalue weighted by Crippen LogP contribution is 2.15. The second kappa shape index (κ2) is 6.35. The minimum Gasteiger partial charge on any atom is -0.271 e. The standard InChI is InChI=1S/C17H13F2N3/c18-17(19)16-10-5-8-14(20-16)7-3-4-11-22-12-13-6-1-2-9-15(13)21-22/h1-2,5-6,8-10,12,17H,4,11H2. The zero-order valence-electron chi connectivity index (χ0n) is 11.7. The van der Waals surface area contributed by atoms with E-state index in [9.17, 15) is 8.78 Å². The molecule has 0 amide bonds. The van der Waals surface area contributed by atoms with Crippen molar-refractivity contribution in [2.45, 2.75) is 19.4 Å². The number of alkyl halides is 2. The van der Waals surface area contributed by atoms with Crippen LogP contribution in [0.15, 0.2) is 48.7 Å². The lowest BCUT2D eigenvalue weighted by molar-refractivity contribution is 0.146. The van der Waals surface area contributed by atoms with Crippen LogP contribution >= 0.6 is 0 Å². The van der Waals surface area contributed by atoms with Gasteiger partial charge in [-0.1, -0.05) is 30.2 Å². The molecule has 0 bridgehead atoms. The molecule has 1 aromatic carbocycles. The van der Waals surface area contributed by atoms with Crippen molar-refractivity contribution >= 4 is 10.9 Å². The minimum atomic E-state index is -2.57. The molecule has 5 heteroatoms. The molecule has 0 fully saturated rings. The third-order valence-electron chi connectivity index (χ3n) is 3.14. The van der Waals surface area contributed by atoms with Crippen LogP contribution in [-0.4, -0.2) is 14.8 Å². The van der Waals surface area contributed by atoms with E-state index < -0.39 is 6.43 Å². The first-order valence-electron chi connectivity index (χ1n) is 6.88. The number of aryl methyl sites for hydroxylation is 1. The van der Waals surface area contributed by atoms with Crippen molar-refractivity contribution in [2.24, 2.45) is 0 Å². The predicted molar refractivity (Wildman–Crippen MR) is 80.4 cm³/mol.